The van der Waals surface area contributed by atoms with Crippen LogP contribution in [-0.2, 0) is 12.8 Å². The first-order valence-corrected chi connectivity index (χ1v) is 8.95. The second kappa shape index (κ2) is 5.04. The number of rotatable bonds is 0. The fraction of sp³-hybridized carbons (Fsp3) is 0.286. The second-order valence-electron chi connectivity index (χ2n) is 7.31. The molecule has 0 atom stereocenters. The van der Waals surface area contributed by atoms with Crippen LogP contribution in [0.1, 0.15) is 34.4 Å². The predicted octanol–water partition coefficient (Wildman–Crippen LogP) is 2.83. The van der Waals surface area contributed by atoms with E-state index in [2.05, 4.69) is 26.9 Å². The van der Waals surface area contributed by atoms with Crippen LogP contribution in [0.5, 0.6) is 0 Å². The predicted molar refractivity (Wildman–Crippen MR) is 102 cm³/mol. The van der Waals surface area contributed by atoms with E-state index in [1.54, 1.807) is 13.1 Å². The number of benzene rings is 1. The number of aryl methyl sites for hydroxylation is 4. The van der Waals surface area contributed by atoms with Gasteiger partial charge in [-0.25, -0.2) is 0 Å². The molecule has 26 heavy (non-hydrogen) atoms. The van der Waals surface area contributed by atoms with Crippen LogP contribution in [0.25, 0.3) is 22.4 Å². The minimum Gasteiger partial charge on any atom is -0.314 e. The van der Waals surface area contributed by atoms with Crippen molar-refractivity contribution in [3.63, 3.8) is 0 Å². The number of hydrogen-bond donors (Lipinski definition) is 0. The van der Waals surface area contributed by atoms with Crippen LogP contribution < -0.4 is 10.9 Å². The number of aromatic nitrogens is 3. The summed E-state index contributed by atoms with van der Waals surface area (Å²) in [4.78, 5) is 29.2. The Morgan fingerprint density at radius 1 is 1.04 bits per heavy atom. The van der Waals surface area contributed by atoms with Gasteiger partial charge in [0.1, 0.15) is 0 Å². The van der Waals surface area contributed by atoms with Crippen molar-refractivity contribution in [2.45, 2.75) is 40.0 Å². The Morgan fingerprint density at radius 3 is 2.62 bits per heavy atom. The smallest absolute Gasteiger partial charge is 0.230 e. The zero-order chi connectivity index (χ0) is 18.2. The third-order valence-electron chi connectivity index (χ3n) is 5.74. The van der Waals surface area contributed by atoms with Gasteiger partial charge in [0.25, 0.3) is 0 Å². The molecule has 0 unspecified atom stereocenters. The summed E-state index contributed by atoms with van der Waals surface area (Å²) in [5.74, 6) is 0. The van der Waals surface area contributed by atoms with Crippen molar-refractivity contribution in [2.24, 2.45) is 0 Å². The van der Waals surface area contributed by atoms with Crippen molar-refractivity contribution in [3.05, 3.63) is 73.1 Å². The number of nitrogens with zero attached hydrogens (tertiary/aromatic N) is 3. The largest absolute Gasteiger partial charge is 0.314 e. The average molecular weight is 345 g/mol. The lowest BCUT2D eigenvalue weighted by Gasteiger charge is -2.14. The van der Waals surface area contributed by atoms with Gasteiger partial charge in [0, 0.05) is 35.3 Å². The van der Waals surface area contributed by atoms with E-state index in [1.165, 1.54) is 28.3 Å². The summed E-state index contributed by atoms with van der Waals surface area (Å²) < 4.78 is 4.22. The number of fused-ring (bicyclic) bond motifs is 5. The highest BCUT2D eigenvalue weighted by atomic mass is 16.2. The van der Waals surface area contributed by atoms with E-state index in [0.717, 1.165) is 41.9 Å². The first-order chi connectivity index (χ1) is 12.5. The summed E-state index contributed by atoms with van der Waals surface area (Å²) in [6, 6.07) is 1.49. The summed E-state index contributed by atoms with van der Waals surface area (Å²) in [5, 5.41) is 0. The van der Waals surface area contributed by atoms with Crippen molar-refractivity contribution >= 4 is 11.0 Å². The first kappa shape index (κ1) is 15.3. The van der Waals surface area contributed by atoms with Gasteiger partial charge in [0.2, 0.25) is 10.9 Å². The van der Waals surface area contributed by atoms with Crippen LogP contribution in [0.3, 0.4) is 0 Å². The van der Waals surface area contributed by atoms with Crippen LogP contribution in [0.2, 0.25) is 0 Å². The molecule has 5 heteroatoms. The maximum absolute atomic E-state index is 12.5. The van der Waals surface area contributed by atoms with Gasteiger partial charge in [-0.2, -0.15) is 0 Å². The summed E-state index contributed by atoms with van der Waals surface area (Å²) in [5.41, 5.74) is 8.16. The summed E-state index contributed by atoms with van der Waals surface area (Å²) in [6.45, 7) is 5.87. The van der Waals surface area contributed by atoms with Gasteiger partial charge >= 0.3 is 0 Å². The molecular formula is C21H19N3O2. The Labute approximate surface area is 149 Å². The molecule has 0 fully saturated rings. The topological polar surface area (TPSA) is 55.8 Å². The fourth-order valence-corrected chi connectivity index (χ4v) is 4.57. The van der Waals surface area contributed by atoms with E-state index in [1.807, 2.05) is 13.1 Å². The molecular weight excluding hydrogens is 326 g/mol. The Balaban J connectivity index is 2.26. The van der Waals surface area contributed by atoms with Crippen LogP contribution >= 0.6 is 0 Å². The van der Waals surface area contributed by atoms with E-state index >= 15 is 0 Å². The molecule has 2 aliphatic carbocycles. The van der Waals surface area contributed by atoms with E-state index in [9.17, 15) is 9.59 Å². The third-order valence-corrected chi connectivity index (χ3v) is 5.74. The highest BCUT2D eigenvalue weighted by molar-refractivity contribution is 5.81. The summed E-state index contributed by atoms with van der Waals surface area (Å²) >= 11 is 0. The highest BCUT2D eigenvalue weighted by Gasteiger charge is 2.25. The number of hydrogen-bond acceptors (Lipinski definition) is 3. The van der Waals surface area contributed by atoms with Crippen molar-refractivity contribution in [1.29, 1.82) is 0 Å². The Kier molecular flexibility index (Phi) is 2.97. The quantitative estimate of drug-likeness (QED) is 0.461. The van der Waals surface area contributed by atoms with Gasteiger partial charge in [-0.05, 0) is 51.2 Å². The molecule has 0 amide bonds. The SMILES string of the molecule is Cc1cn2c3c(C)c(=O)c(=O)cc-3n3c(C)cncc3c3c2c1CCC3. The maximum Gasteiger partial charge on any atom is 0.230 e. The average Bonchev–Trinajstić information content (AvgIpc) is 2.90. The van der Waals surface area contributed by atoms with Gasteiger partial charge in [-0.15, -0.1) is 0 Å². The van der Waals surface area contributed by atoms with E-state index in [4.69, 9.17) is 0 Å². The molecule has 0 saturated heterocycles. The normalized spacial score (nSPS) is 13.8. The van der Waals surface area contributed by atoms with E-state index in [0.29, 0.717) is 5.56 Å². The first-order valence-electron chi connectivity index (χ1n) is 8.95. The van der Waals surface area contributed by atoms with Crippen LogP contribution in [-0.4, -0.2) is 13.8 Å². The van der Waals surface area contributed by atoms with Crippen molar-refractivity contribution in [2.75, 3.05) is 0 Å². The van der Waals surface area contributed by atoms with Gasteiger partial charge in [-0.3, -0.25) is 14.6 Å². The van der Waals surface area contributed by atoms with Gasteiger partial charge in [0.15, 0.2) is 0 Å². The van der Waals surface area contributed by atoms with Gasteiger partial charge in [0.05, 0.1) is 28.6 Å². The van der Waals surface area contributed by atoms with E-state index < -0.39 is 10.9 Å². The monoisotopic (exact) mass is 345 g/mol. The van der Waals surface area contributed by atoms with Crippen LogP contribution in [0.15, 0.2) is 34.2 Å². The molecule has 0 spiro atoms. The molecule has 3 heterocycles. The standard InChI is InChI=1S/C21H19N3O2/c1-11-10-23-19-13(3)21(26)18(25)7-16(19)24-12(2)8-22-9-17(24)15-6-4-5-14(11)20(15)23/h7-10H,4-6H2,1-3H3. The molecule has 1 aliphatic heterocycles. The molecule has 2 aromatic heterocycles. The Bertz CT molecular complexity index is 1330. The summed E-state index contributed by atoms with van der Waals surface area (Å²) in [7, 11) is 0. The second-order valence-corrected chi connectivity index (χ2v) is 7.31. The van der Waals surface area contributed by atoms with Crippen LogP contribution in [0.4, 0.5) is 0 Å². The molecule has 130 valence electrons. The fourth-order valence-electron chi connectivity index (χ4n) is 4.57. The van der Waals surface area contributed by atoms with Gasteiger partial charge < -0.3 is 8.80 Å². The molecule has 5 rings (SSSR count). The lowest BCUT2D eigenvalue weighted by atomic mass is 9.94. The zero-order valence-corrected chi connectivity index (χ0v) is 15.1. The molecule has 3 aliphatic rings. The molecule has 5 nitrogen and oxygen atoms in total. The Morgan fingerprint density at radius 2 is 1.81 bits per heavy atom. The third kappa shape index (κ3) is 1.77. The van der Waals surface area contributed by atoms with Crippen molar-refractivity contribution < 1.29 is 0 Å². The minimum atomic E-state index is -0.458. The molecule has 0 bridgehead atoms. The molecule has 2 aromatic rings. The van der Waals surface area contributed by atoms with Crippen molar-refractivity contribution in [1.82, 2.24) is 13.8 Å². The lowest BCUT2D eigenvalue weighted by molar-refractivity contribution is 0.803. The van der Waals surface area contributed by atoms with Gasteiger partial charge in [-0.1, -0.05) is 0 Å². The Hall–Kier alpha value is -2.95. The lowest BCUT2D eigenvalue weighted by Crippen LogP contribution is -2.27. The van der Waals surface area contributed by atoms with Crippen LogP contribution in [0, 0.1) is 20.8 Å². The molecule has 0 saturated carbocycles. The maximum atomic E-state index is 12.5. The zero-order valence-electron chi connectivity index (χ0n) is 15.1. The highest BCUT2D eigenvalue weighted by Crippen LogP contribution is 2.36. The molecule has 0 radical (unpaired) electrons. The van der Waals surface area contributed by atoms with E-state index in [-0.39, 0.29) is 0 Å². The minimum absolute atomic E-state index is 0.419. The molecule has 0 aromatic carbocycles. The summed E-state index contributed by atoms with van der Waals surface area (Å²) in [6.07, 6.45) is 8.88. The molecule has 0 N–H and O–H groups in total. The van der Waals surface area contributed by atoms with Crippen molar-refractivity contribution in [3.8, 4) is 11.4 Å².